The highest BCUT2D eigenvalue weighted by Gasteiger charge is 2.39. The lowest BCUT2D eigenvalue weighted by molar-refractivity contribution is -0.121. The van der Waals surface area contributed by atoms with E-state index in [2.05, 4.69) is 10.9 Å². The lowest BCUT2D eigenvalue weighted by atomic mass is 10.1. The Balaban J connectivity index is 1.66. The minimum atomic E-state index is -0.875. The van der Waals surface area contributed by atoms with E-state index in [1.54, 1.807) is 32.0 Å². The maximum atomic E-state index is 12.7. The number of hydrogen-bond donors (Lipinski definition) is 2. The van der Waals surface area contributed by atoms with Crippen molar-refractivity contribution in [3.8, 4) is 0 Å². The highest BCUT2D eigenvalue weighted by Crippen LogP contribution is 2.23. The van der Waals surface area contributed by atoms with Gasteiger partial charge in [-0.2, -0.15) is 0 Å². The zero-order valence-corrected chi connectivity index (χ0v) is 16.1. The number of ether oxygens (including phenoxy) is 1. The van der Waals surface area contributed by atoms with Crippen LogP contribution >= 0.6 is 0 Å². The number of carbonyl (C=O) groups is 4. The Morgan fingerprint density at radius 3 is 2.45 bits per heavy atom. The summed E-state index contributed by atoms with van der Waals surface area (Å²) in [5.74, 6) is -1.75. The van der Waals surface area contributed by atoms with E-state index in [-0.39, 0.29) is 18.9 Å². The van der Waals surface area contributed by atoms with Crippen molar-refractivity contribution in [2.75, 3.05) is 11.5 Å². The number of hydrazine groups is 1. The molecule has 3 amide bonds. The molecule has 8 nitrogen and oxygen atoms in total. The number of amides is 3. The van der Waals surface area contributed by atoms with Gasteiger partial charge in [0.1, 0.15) is 6.04 Å². The van der Waals surface area contributed by atoms with Gasteiger partial charge >= 0.3 is 5.97 Å². The van der Waals surface area contributed by atoms with Gasteiger partial charge in [-0.15, -0.1) is 0 Å². The Bertz CT molecular complexity index is 955. The Hall–Kier alpha value is -3.52. The summed E-state index contributed by atoms with van der Waals surface area (Å²) in [5.41, 5.74) is 7.09. The summed E-state index contributed by atoms with van der Waals surface area (Å²) < 4.78 is 4.92. The van der Waals surface area contributed by atoms with Gasteiger partial charge in [0.15, 0.2) is 0 Å². The lowest BCUT2D eigenvalue weighted by Crippen LogP contribution is -2.48. The minimum absolute atomic E-state index is 0.0908. The number of anilines is 1. The van der Waals surface area contributed by atoms with Crippen LogP contribution in [0.1, 0.15) is 39.6 Å². The molecule has 2 N–H and O–H groups in total. The summed E-state index contributed by atoms with van der Waals surface area (Å²) in [7, 11) is 0. The average Bonchev–Trinajstić information content (AvgIpc) is 3.00. The quantitative estimate of drug-likeness (QED) is 0.439. The SMILES string of the molecule is CCOC(=O)c1ccc(N2C(=O)CC(NNC(=O)c3ccccc3C)C2=O)cc1. The summed E-state index contributed by atoms with van der Waals surface area (Å²) in [5, 5.41) is 0. The van der Waals surface area contributed by atoms with E-state index in [1.165, 1.54) is 24.3 Å². The number of rotatable bonds is 6. The molecule has 8 heteroatoms. The molecule has 1 aliphatic rings. The topological polar surface area (TPSA) is 105 Å². The van der Waals surface area contributed by atoms with Crippen LogP contribution < -0.4 is 15.8 Å². The van der Waals surface area contributed by atoms with Crippen LogP contribution in [0.15, 0.2) is 48.5 Å². The minimum Gasteiger partial charge on any atom is -0.462 e. The molecule has 0 saturated carbocycles. The van der Waals surface area contributed by atoms with Crippen molar-refractivity contribution in [2.24, 2.45) is 0 Å². The van der Waals surface area contributed by atoms with Gasteiger partial charge in [0.25, 0.3) is 11.8 Å². The van der Waals surface area contributed by atoms with Crippen molar-refractivity contribution in [3.63, 3.8) is 0 Å². The molecule has 1 unspecified atom stereocenters. The third kappa shape index (κ3) is 4.33. The first-order valence-electron chi connectivity index (χ1n) is 9.18. The molecule has 150 valence electrons. The normalized spacial score (nSPS) is 16.1. The molecule has 1 saturated heterocycles. The highest BCUT2D eigenvalue weighted by atomic mass is 16.5. The van der Waals surface area contributed by atoms with Crippen molar-refractivity contribution < 1.29 is 23.9 Å². The summed E-state index contributed by atoms with van der Waals surface area (Å²) >= 11 is 0. The van der Waals surface area contributed by atoms with Gasteiger partial charge in [0.05, 0.1) is 24.3 Å². The van der Waals surface area contributed by atoms with E-state index >= 15 is 0 Å². The van der Waals surface area contributed by atoms with Gasteiger partial charge in [-0.05, 0) is 49.7 Å². The summed E-state index contributed by atoms with van der Waals surface area (Å²) in [4.78, 5) is 50.1. The molecule has 2 aromatic rings. The Morgan fingerprint density at radius 2 is 1.79 bits per heavy atom. The molecule has 0 bridgehead atoms. The molecule has 29 heavy (non-hydrogen) atoms. The van der Waals surface area contributed by atoms with Crippen molar-refractivity contribution in [1.29, 1.82) is 0 Å². The summed E-state index contributed by atoms with van der Waals surface area (Å²) in [6.45, 7) is 3.77. The molecule has 1 aliphatic heterocycles. The first kappa shape index (κ1) is 20.2. The second-order valence-corrected chi connectivity index (χ2v) is 6.50. The summed E-state index contributed by atoms with van der Waals surface area (Å²) in [6, 6.07) is 12.2. The van der Waals surface area contributed by atoms with E-state index in [1.807, 2.05) is 6.07 Å². The molecule has 0 aromatic heterocycles. The maximum Gasteiger partial charge on any atom is 0.338 e. The third-order valence-corrected chi connectivity index (χ3v) is 4.53. The van der Waals surface area contributed by atoms with Crippen LogP contribution in [0.5, 0.6) is 0 Å². The second kappa shape index (κ2) is 8.66. The second-order valence-electron chi connectivity index (χ2n) is 6.50. The van der Waals surface area contributed by atoms with Crippen LogP contribution in [0.3, 0.4) is 0 Å². The molecular weight excluding hydrogens is 374 g/mol. The molecular formula is C21H21N3O5. The Labute approximate surface area is 167 Å². The van der Waals surface area contributed by atoms with Gasteiger partial charge in [-0.25, -0.2) is 15.1 Å². The first-order valence-corrected chi connectivity index (χ1v) is 9.18. The molecule has 2 aromatic carbocycles. The molecule has 1 heterocycles. The number of nitrogens with zero attached hydrogens (tertiary/aromatic N) is 1. The predicted molar refractivity (Wildman–Crippen MR) is 105 cm³/mol. The van der Waals surface area contributed by atoms with Gasteiger partial charge in [-0.3, -0.25) is 19.8 Å². The van der Waals surface area contributed by atoms with Crippen molar-refractivity contribution in [1.82, 2.24) is 10.9 Å². The van der Waals surface area contributed by atoms with Gasteiger partial charge in [-0.1, -0.05) is 18.2 Å². The number of imide groups is 1. The molecule has 1 atom stereocenters. The molecule has 0 spiro atoms. The van der Waals surface area contributed by atoms with Crippen molar-refractivity contribution in [2.45, 2.75) is 26.3 Å². The lowest BCUT2D eigenvalue weighted by Gasteiger charge is -2.16. The molecule has 0 radical (unpaired) electrons. The van der Waals surface area contributed by atoms with Gasteiger partial charge in [0.2, 0.25) is 5.91 Å². The van der Waals surface area contributed by atoms with E-state index in [0.717, 1.165) is 10.5 Å². The zero-order valence-electron chi connectivity index (χ0n) is 16.1. The van der Waals surface area contributed by atoms with Crippen LogP contribution in [-0.4, -0.2) is 36.3 Å². The standard InChI is InChI=1S/C21H21N3O5/c1-3-29-21(28)14-8-10-15(11-9-14)24-18(25)12-17(20(24)27)22-23-19(26)16-7-5-4-6-13(16)2/h4-11,17,22H,3,12H2,1-2H3,(H,23,26). The van der Waals surface area contributed by atoms with Gasteiger partial charge < -0.3 is 4.74 Å². The van der Waals surface area contributed by atoms with E-state index in [4.69, 9.17) is 4.74 Å². The zero-order chi connectivity index (χ0) is 21.0. The number of hydrogen-bond acceptors (Lipinski definition) is 6. The fraction of sp³-hybridized carbons (Fsp3) is 0.238. The predicted octanol–water partition coefficient (Wildman–Crippen LogP) is 1.74. The number of carbonyl (C=O) groups excluding carboxylic acids is 4. The van der Waals surface area contributed by atoms with Crippen molar-refractivity contribution in [3.05, 3.63) is 65.2 Å². The third-order valence-electron chi connectivity index (χ3n) is 4.53. The van der Waals surface area contributed by atoms with Crippen LogP contribution in [0.25, 0.3) is 0 Å². The van der Waals surface area contributed by atoms with Crippen LogP contribution in [0.2, 0.25) is 0 Å². The van der Waals surface area contributed by atoms with Crippen molar-refractivity contribution >= 4 is 29.4 Å². The number of aryl methyl sites for hydroxylation is 1. The average molecular weight is 395 g/mol. The largest absolute Gasteiger partial charge is 0.462 e. The molecule has 0 aliphatic carbocycles. The van der Waals surface area contributed by atoms with E-state index in [9.17, 15) is 19.2 Å². The maximum absolute atomic E-state index is 12.7. The fourth-order valence-electron chi connectivity index (χ4n) is 3.02. The van der Waals surface area contributed by atoms with Crippen LogP contribution in [0.4, 0.5) is 5.69 Å². The number of benzene rings is 2. The van der Waals surface area contributed by atoms with E-state index in [0.29, 0.717) is 16.8 Å². The Morgan fingerprint density at radius 1 is 1.10 bits per heavy atom. The number of nitrogens with one attached hydrogen (secondary N) is 2. The summed E-state index contributed by atoms with van der Waals surface area (Å²) in [6.07, 6.45) is -0.0908. The fourth-order valence-corrected chi connectivity index (χ4v) is 3.02. The molecule has 3 rings (SSSR count). The van der Waals surface area contributed by atoms with Gasteiger partial charge in [0, 0.05) is 5.56 Å². The molecule has 1 fully saturated rings. The smallest absolute Gasteiger partial charge is 0.338 e. The highest BCUT2D eigenvalue weighted by molar-refractivity contribution is 6.22. The van der Waals surface area contributed by atoms with Crippen LogP contribution in [0, 0.1) is 6.92 Å². The Kier molecular flexibility index (Phi) is 6.04. The van der Waals surface area contributed by atoms with Crippen LogP contribution in [-0.2, 0) is 14.3 Å². The first-order chi connectivity index (χ1) is 13.9. The number of esters is 1. The van der Waals surface area contributed by atoms with E-state index < -0.39 is 23.8 Å². The monoisotopic (exact) mass is 395 g/mol.